The Morgan fingerprint density at radius 2 is 2.25 bits per heavy atom. The van der Waals surface area contributed by atoms with Gasteiger partial charge in [0.15, 0.2) is 0 Å². The van der Waals surface area contributed by atoms with Gasteiger partial charge in [-0.2, -0.15) is 0 Å². The average Bonchev–Trinajstić information content (AvgIpc) is 2.86. The number of nitrogens with one attached hydrogen (secondary N) is 1. The van der Waals surface area contributed by atoms with Gasteiger partial charge in [0.05, 0.1) is 0 Å². The summed E-state index contributed by atoms with van der Waals surface area (Å²) >= 11 is 0. The molecule has 0 aliphatic rings. The molecule has 1 unspecified atom stereocenters. The molecule has 0 aliphatic carbocycles. The van der Waals surface area contributed by atoms with Crippen LogP contribution in [-0.4, -0.2) is 32.9 Å². The summed E-state index contributed by atoms with van der Waals surface area (Å²) in [4.78, 5) is 26.6. The molecule has 1 atom stereocenters. The Morgan fingerprint density at radius 1 is 1.45 bits per heavy atom. The van der Waals surface area contributed by atoms with E-state index < -0.39 is 5.97 Å². The van der Waals surface area contributed by atoms with E-state index in [4.69, 9.17) is 5.11 Å². The number of carbonyl (C=O) groups is 2. The minimum Gasteiger partial charge on any atom is -0.481 e. The molecule has 0 bridgehead atoms. The normalized spacial score (nSPS) is 12.2. The standard InChI is InChI=1S/C14H17N3O3/c1-10(5-6-13(18)19)8-15-14(20)11-9-17-7-3-2-4-12(17)16-11/h2-4,7,9-10H,5-6,8H2,1H3,(H,15,20)(H,18,19). The number of rotatable bonds is 6. The Bertz CT molecular complexity index is 588. The van der Waals surface area contributed by atoms with Crippen LogP contribution in [0.3, 0.4) is 0 Å². The van der Waals surface area contributed by atoms with Gasteiger partial charge in [-0.05, 0) is 24.5 Å². The molecule has 0 saturated heterocycles. The zero-order valence-corrected chi connectivity index (χ0v) is 11.2. The van der Waals surface area contributed by atoms with E-state index in [1.807, 2.05) is 31.3 Å². The molecule has 2 aromatic rings. The van der Waals surface area contributed by atoms with E-state index >= 15 is 0 Å². The Kier molecular flexibility index (Phi) is 4.34. The van der Waals surface area contributed by atoms with Crippen molar-refractivity contribution in [2.45, 2.75) is 19.8 Å². The van der Waals surface area contributed by atoms with Crippen LogP contribution in [0.2, 0.25) is 0 Å². The summed E-state index contributed by atoms with van der Waals surface area (Å²) in [5, 5.41) is 11.4. The number of carbonyl (C=O) groups excluding carboxylic acids is 1. The van der Waals surface area contributed by atoms with Gasteiger partial charge in [0.1, 0.15) is 11.3 Å². The number of aliphatic carboxylic acids is 1. The summed E-state index contributed by atoms with van der Waals surface area (Å²) < 4.78 is 1.78. The van der Waals surface area contributed by atoms with Gasteiger partial charge in [-0.3, -0.25) is 9.59 Å². The number of aromatic nitrogens is 2. The molecule has 6 heteroatoms. The molecule has 1 amide bonds. The predicted octanol–water partition coefficient (Wildman–Crippen LogP) is 1.56. The summed E-state index contributed by atoms with van der Waals surface area (Å²) in [6, 6.07) is 5.55. The lowest BCUT2D eigenvalue weighted by Gasteiger charge is -2.10. The van der Waals surface area contributed by atoms with Crippen molar-refractivity contribution < 1.29 is 14.7 Å². The van der Waals surface area contributed by atoms with E-state index in [2.05, 4.69) is 10.3 Å². The maximum Gasteiger partial charge on any atom is 0.303 e. The number of fused-ring (bicyclic) bond motifs is 1. The van der Waals surface area contributed by atoms with Crippen LogP contribution < -0.4 is 5.32 Å². The van der Waals surface area contributed by atoms with Crippen molar-refractivity contribution in [3.05, 3.63) is 36.3 Å². The third-order valence-corrected chi connectivity index (χ3v) is 3.06. The first kappa shape index (κ1) is 14.0. The molecule has 2 heterocycles. The molecule has 0 aromatic carbocycles. The number of imidazole rings is 1. The van der Waals surface area contributed by atoms with Gasteiger partial charge in [-0.1, -0.05) is 13.0 Å². The monoisotopic (exact) mass is 275 g/mol. The van der Waals surface area contributed by atoms with Gasteiger partial charge in [-0.15, -0.1) is 0 Å². The molecule has 106 valence electrons. The fourth-order valence-electron chi connectivity index (χ4n) is 1.87. The molecule has 20 heavy (non-hydrogen) atoms. The number of nitrogens with zero attached hydrogens (tertiary/aromatic N) is 2. The van der Waals surface area contributed by atoms with Gasteiger partial charge in [-0.25, -0.2) is 4.98 Å². The second-order valence-corrected chi connectivity index (χ2v) is 4.84. The second kappa shape index (κ2) is 6.18. The maximum atomic E-state index is 12.0. The first-order chi connectivity index (χ1) is 9.56. The topological polar surface area (TPSA) is 83.7 Å². The molecular formula is C14H17N3O3. The quantitative estimate of drug-likeness (QED) is 0.838. The number of amides is 1. The molecule has 0 radical (unpaired) electrons. The van der Waals surface area contributed by atoms with E-state index in [9.17, 15) is 9.59 Å². The number of pyridine rings is 1. The Morgan fingerprint density at radius 3 is 2.95 bits per heavy atom. The lowest BCUT2D eigenvalue weighted by molar-refractivity contribution is -0.137. The lowest BCUT2D eigenvalue weighted by atomic mass is 10.1. The highest BCUT2D eigenvalue weighted by Crippen LogP contribution is 2.06. The summed E-state index contributed by atoms with van der Waals surface area (Å²) in [7, 11) is 0. The van der Waals surface area contributed by atoms with Gasteiger partial charge >= 0.3 is 5.97 Å². The molecule has 2 N–H and O–H groups in total. The van der Waals surface area contributed by atoms with Gasteiger partial charge in [0, 0.05) is 25.4 Å². The molecule has 6 nitrogen and oxygen atoms in total. The van der Waals surface area contributed by atoms with Crippen LogP contribution >= 0.6 is 0 Å². The number of hydrogen-bond acceptors (Lipinski definition) is 3. The highest BCUT2D eigenvalue weighted by molar-refractivity contribution is 5.92. The maximum absolute atomic E-state index is 12.0. The molecule has 0 aliphatic heterocycles. The fourth-order valence-corrected chi connectivity index (χ4v) is 1.87. The van der Waals surface area contributed by atoms with Crippen molar-refractivity contribution in [2.24, 2.45) is 5.92 Å². The highest BCUT2D eigenvalue weighted by Gasteiger charge is 2.12. The average molecular weight is 275 g/mol. The minimum absolute atomic E-state index is 0.116. The first-order valence-corrected chi connectivity index (χ1v) is 6.50. The molecule has 0 spiro atoms. The van der Waals surface area contributed by atoms with Crippen molar-refractivity contribution >= 4 is 17.5 Å². The van der Waals surface area contributed by atoms with E-state index in [0.717, 1.165) is 5.65 Å². The number of carboxylic acids is 1. The largest absolute Gasteiger partial charge is 0.481 e. The zero-order chi connectivity index (χ0) is 14.5. The summed E-state index contributed by atoms with van der Waals surface area (Å²) in [6.07, 6.45) is 4.16. The van der Waals surface area contributed by atoms with Gasteiger partial charge in [0.2, 0.25) is 0 Å². The number of hydrogen-bond donors (Lipinski definition) is 2. The summed E-state index contributed by atoms with van der Waals surface area (Å²) in [6.45, 7) is 2.35. The summed E-state index contributed by atoms with van der Waals surface area (Å²) in [5.41, 5.74) is 1.08. The Balaban J connectivity index is 1.90. The van der Waals surface area contributed by atoms with Crippen LogP contribution in [0.4, 0.5) is 0 Å². The van der Waals surface area contributed by atoms with E-state index in [1.165, 1.54) is 0 Å². The highest BCUT2D eigenvalue weighted by atomic mass is 16.4. The Labute approximate surface area is 116 Å². The van der Waals surface area contributed by atoms with Crippen LogP contribution in [0.1, 0.15) is 30.3 Å². The van der Waals surface area contributed by atoms with Crippen molar-refractivity contribution in [1.29, 1.82) is 0 Å². The Hall–Kier alpha value is -2.37. The molecule has 2 aromatic heterocycles. The summed E-state index contributed by atoms with van der Waals surface area (Å²) in [5.74, 6) is -0.938. The van der Waals surface area contributed by atoms with Crippen LogP contribution in [0.15, 0.2) is 30.6 Å². The molecule has 0 saturated carbocycles. The number of carboxylic acid groups (broad SMARTS) is 1. The van der Waals surface area contributed by atoms with Crippen molar-refractivity contribution in [3.8, 4) is 0 Å². The van der Waals surface area contributed by atoms with Crippen LogP contribution in [0, 0.1) is 5.92 Å². The van der Waals surface area contributed by atoms with E-state index in [-0.39, 0.29) is 18.2 Å². The third-order valence-electron chi connectivity index (χ3n) is 3.06. The first-order valence-electron chi connectivity index (χ1n) is 6.50. The van der Waals surface area contributed by atoms with Crippen LogP contribution in [0.5, 0.6) is 0 Å². The van der Waals surface area contributed by atoms with Gasteiger partial charge < -0.3 is 14.8 Å². The smallest absolute Gasteiger partial charge is 0.303 e. The lowest BCUT2D eigenvalue weighted by Crippen LogP contribution is -2.28. The predicted molar refractivity (Wildman–Crippen MR) is 73.6 cm³/mol. The molecular weight excluding hydrogens is 258 g/mol. The van der Waals surface area contributed by atoms with Crippen molar-refractivity contribution in [2.75, 3.05) is 6.54 Å². The molecule has 0 fully saturated rings. The second-order valence-electron chi connectivity index (χ2n) is 4.84. The van der Waals surface area contributed by atoms with Crippen molar-refractivity contribution in [3.63, 3.8) is 0 Å². The fraction of sp³-hybridized carbons (Fsp3) is 0.357. The van der Waals surface area contributed by atoms with Crippen molar-refractivity contribution in [1.82, 2.24) is 14.7 Å². The zero-order valence-electron chi connectivity index (χ0n) is 11.2. The SMILES string of the molecule is CC(CCC(=O)O)CNC(=O)c1cn2ccccc2n1. The van der Waals surface area contributed by atoms with Gasteiger partial charge in [0.25, 0.3) is 5.91 Å². The third kappa shape index (κ3) is 3.57. The minimum atomic E-state index is -0.816. The van der Waals surface area contributed by atoms with Crippen LogP contribution in [-0.2, 0) is 4.79 Å². The van der Waals surface area contributed by atoms with E-state index in [0.29, 0.717) is 18.7 Å². The van der Waals surface area contributed by atoms with Crippen LogP contribution in [0.25, 0.3) is 5.65 Å². The molecule has 2 rings (SSSR count). The van der Waals surface area contributed by atoms with E-state index in [1.54, 1.807) is 10.6 Å².